The van der Waals surface area contributed by atoms with E-state index in [9.17, 15) is 4.79 Å². The van der Waals surface area contributed by atoms with Gasteiger partial charge in [0.25, 0.3) is 0 Å². The summed E-state index contributed by atoms with van der Waals surface area (Å²) in [5.74, 6) is -0.276. The standard InChI is InChI=1S/C8H15NO/c1-4-6(3)7(5-2)8(9)10/h4-5H2,1-3H3,(H2,9,10). The minimum atomic E-state index is -0.276. The van der Waals surface area contributed by atoms with Crippen LogP contribution in [0.2, 0.25) is 0 Å². The topological polar surface area (TPSA) is 43.1 Å². The molecule has 2 N–H and O–H groups in total. The molecular formula is C8H15NO. The van der Waals surface area contributed by atoms with E-state index < -0.39 is 0 Å². The molecule has 0 radical (unpaired) electrons. The highest BCUT2D eigenvalue weighted by atomic mass is 16.1. The Morgan fingerprint density at radius 3 is 1.90 bits per heavy atom. The van der Waals surface area contributed by atoms with Gasteiger partial charge < -0.3 is 5.73 Å². The molecule has 0 atom stereocenters. The van der Waals surface area contributed by atoms with E-state index in [0.29, 0.717) is 0 Å². The Labute approximate surface area is 62.1 Å². The molecule has 10 heavy (non-hydrogen) atoms. The molecule has 0 heterocycles. The normalized spacial score (nSPS) is 12.7. The first-order valence-electron chi connectivity index (χ1n) is 3.61. The number of primary amides is 1. The fourth-order valence-electron chi connectivity index (χ4n) is 0.900. The molecule has 0 unspecified atom stereocenters. The molecule has 0 rings (SSSR count). The lowest BCUT2D eigenvalue weighted by Gasteiger charge is -2.02. The maximum atomic E-state index is 10.7. The van der Waals surface area contributed by atoms with Gasteiger partial charge in [0.1, 0.15) is 0 Å². The van der Waals surface area contributed by atoms with Crippen molar-refractivity contribution < 1.29 is 4.79 Å². The first kappa shape index (κ1) is 9.21. The van der Waals surface area contributed by atoms with Gasteiger partial charge in [0.05, 0.1) is 0 Å². The van der Waals surface area contributed by atoms with Crippen molar-refractivity contribution in [3.05, 3.63) is 11.1 Å². The van der Waals surface area contributed by atoms with Gasteiger partial charge in [-0.05, 0) is 19.8 Å². The van der Waals surface area contributed by atoms with E-state index in [2.05, 4.69) is 0 Å². The molecule has 0 aromatic carbocycles. The number of rotatable bonds is 3. The van der Waals surface area contributed by atoms with Crippen LogP contribution in [0.4, 0.5) is 0 Å². The summed E-state index contributed by atoms with van der Waals surface area (Å²) in [7, 11) is 0. The fraction of sp³-hybridized carbons (Fsp3) is 0.625. The molecule has 0 bridgehead atoms. The first-order valence-corrected chi connectivity index (χ1v) is 3.61. The Bertz CT molecular complexity index is 159. The maximum Gasteiger partial charge on any atom is 0.244 e. The lowest BCUT2D eigenvalue weighted by Crippen LogP contribution is -2.14. The second-order valence-electron chi connectivity index (χ2n) is 2.33. The van der Waals surface area contributed by atoms with Crippen molar-refractivity contribution in [1.82, 2.24) is 0 Å². The van der Waals surface area contributed by atoms with Crippen molar-refractivity contribution in [3.63, 3.8) is 0 Å². The van der Waals surface area contributed by atoms with Crippen LogP contribution in [-0.2, 0) is 4.79 Å². The molecule has 2 nitrogen and oxygen atoms in total. The molecule has 0 aliphatic heterocycles. The summed E-state index contributed by atoms with van der Waals surface area (Å²) in [6.07, 6.45) is 1.65. The Hall–Kier alpha value is -0.790. The van der Waals surface area contributed by atoms with Crippen LogP contribution in [0.1, 0.15) is 33.6 Å². The molecule has 0 aromatic rings. The number of allylic oxidation sites excluding steroid dienone is 1. The average molecular weight is 141 g/mol. The Balaban J connectivity index is 4.45. The van der Waals surface area contributed by atoms with Crippen molar-refractivity contribution in [2.75, 3.05) is 0 Å². The summed E-state index contributed by atoms with van der Waals surface area (Å²) in [4.78, 5) is 10.7. The van der Waals surface area contributed by atoms with E-state index in [1.807, 2.05) is 20.8 Å². The van der Waals surface area contributed by atoms with E-state index in [1.165, 1.54) is 0 Å². The molecule has 58 valence electrons. The van der Waals surface area contributed by atoms with Crippen molar-refractivity contribution in [2.24, 2.45) is 5.73 Å². The van der Waals surface area contributed by atoms with Gasteiger partial charge in [-0.25, -0.2) is 0 Å². The molecule has 0 fully saturated rings. The fourth-order valence-corrected chi connectivity index (χ4v) is 0.900. The molecule has 0 saturated heterocycles. The summed E-state index contributed by atoms with van der Waals surface area (Å²) in [6.45, 7) is 5.91. The lowest BCUT2D eigenvalue weighted by molar-refractivity contribution is -0.114. The SMILES string of the molecule is CCC(C)=C(CC)C(N)=O. The highest BCUT2D eigenvalue weighted by Gasteiger charge is 2.03. The summed E-state index contributed by atoms with van der Waals surface area (Å²) < 4.78 is 0. The number of carbonyl (C=O) groups excluding carboxylic acids is 1. The van der Waals surface area contributed by atoms with Gasteiger partial charge >= 0.3 is 0 Å². The van der Waals surface area contributed by atoms with E-state index in [-0.39, 0.29) is 5.91 Å². The van der Waals surface area contributed by atoms with Gasteiger partial charge in [-0.3, -0.25) is 4.79 Å². The molecule has 0 saturated carbocycles. The minimum absolute atomic E-state index is 0.276. The molecule has 0 aliphatic rings. The maximum absolute atomic E-state index is 10.7. The van der Waals surface area contributed by atoms with Crippen LogP contribution in [0, 0.1) is 0 Å². The molecule has 0 spiro atoms. The summed E-state index contributed by atoms with van der Waals surface area (Å²) in [6, 6.07) is 0. The Morgan fingerprint density at radius 1 is 1.30 bits per heavy atom. The second-order valence-corrected chi connectivity index (χ2v) is 2.33. The zero-order valence-electron chi connectivity index (χ0n) is 6.90. The number of amides is 1. The van der Waals surface area contributed by atoms with Gasteiger partial charge in [0.2, 0.25) is 5.91 Å². The molecule has 0 aromatic heterocycles. The van der Waals surface area contributed by atoms with Gasteiger partial charge in [-0.15, -0.1) is 0 Å². The number of hydrogen-bond acceptors (Lipinski definition) is 1. The third kappa shape index (κ3) is 2.21. The lowest BCUT2D eigenvalue weighted by atomic mass is 10.1. The average Bonchev–Trinajstić information content (AvgIpc) is 1.88. The Morgan fingerprint density at radius 2 is 1.80 bits per heavy atom. The van der Waals surface area contributed by atoms with Crippen molar-refractivity contribution in [3.8, 4) is 0 Å². The predicted octanol–water partition coefficient (Wildman–Crippen LogP) is 1.61. The van der Waals surface area contributed by atoms with Crippen LogP contribution in [0.15, 0.2) is 11.1 Å². The summed E-state index contributed by atoms with van der Waals surface area (Å²) in [5.41, 5.74) is 7.01. The van der Waals surface area contributed by atoms with Crippen LogP contribution in [-0.4, -0.2) is 5.91 Å². The molecule has 1 amide bonds. The zero-order chi connectivity index (χ0) is 8.15. The number of nitrogens with two attached hydrogens (primary N) is 1. The first-order chi connectivity index (χ1) is 4.63. The van der Waals surface area contributed by atoms with Gasteiger partial charge in [-0.2, -0.15) is 0 Å². The van der Waals surface area contributed by atoms with E-state index >= 15 is 0 Å². The van der Waals surface area contributed by atoms with Gasteiger partial charge in [0.15, 0.2) is 0 Å². The van der Waals surface area contributed by atoms with Crippen LogP contribution in [0.25, 0.3) is 0 Å². The predicted molar refractivity (Wildman–Crippen MR) is 42.5 cm³/mol. The van der Waals surface area contributed by atoms with E-state index in [4.69, 9.17) is 5.73 Å². The van der Waals surface area contributed by atoms with Gasteiger partial charge in [0, 0.05) is 5.57 Å². The third-order valence-electron chi connectivity index (χ3n) is 1.70. The second kappa shape index (κ2) is 4.09. The number of hydrogen-bond donors (Lipinski definition) is 1. The molecule has 2 heteroatoms. The van der Waals surface area contributed by atoms with Crippen molar-refractivity contribution >= 4 is 5.91 Å². The Kier molecular flexibility index (Phi) is 3.77. The highest BCUT2D eigenvalue weighted by Crippen LogP contribution is 2.10. The monoisotopic (exact) mass is 141 g/mol. The largest absolute Gasteiger partial charge is 0.366 e. The van der Waals surface area contributed by atoms with Crippen LogP contribution < -0.4 is 5.73 Å². The molecular weight excluding hydrogens is 126 g/mol. The highest BCUT2D eigenvalue weighted by molar-refractivity contribution is 5.92. The molecule has 0 aliphatic carbocycles. The van der Waals surface area contributed by atoms with Crippen LogP contribution in [0.3, 0.4) is 0 Å². The van der Waals surface area contributed by atoms with Crippen LogP contribution in [0.5, 0.6) is 0 Å². The third-order valence-corrected chi connectivity index (χ3v) is 1.70. The van der Waals surface area contributed by atoms with Crippen LogP contribution >= 0.6 is 0 Å². The minimum Gasteiger partial charge on any atom is -0.366 e. The summed E-state index contributed by atoms with van der Waals surface area (Å²) >= 11 is 0. The van der Waals surface area contributed by atoms with Crippen molar-refractivity contribution in [2.45, 2.75) is 33.6 Å². The van der Waals surface area contributed by atoms with E-state index in [1.54, 1.807) is 0 Å². The van der Waals surface area contributed by atoms with E-state index in [0.717, 1.165) is 24.0 Å². The van der Waals surface area contributed by atoms with Gasteiger partial charge in [-0.1, -0.05) is 19.4 Å². The van der Waals surface area contributed by atoms with Crippen molar-refractivity contribution in [1.29, 1.82) is 0 Å². The summed E-state index contributed by atoms with van der Waals surface area (Å²) in [5, 5.41) is 0. The number of carbonyl (C=O) groups is 1. The zero-order valence-corrected chi connectivity index (χ0v) is 6.90. The smallest absolute Gasteiger partial charge is 0.244 e. The quantitative estimate of drug-likeness (QED) is 0.596.